The third-order valence-electron chi connectivity index (χ3n) is 2.78. The average molecular weight is 350 g/mol. The number of amides is 1. The molecule has 0 bridgehead atoms. The van der Waals surface area contributed by atoms with Crippen LogP contribution in [0.25, 0.3) is 0 Å². The summed E-state index contributed by atoms with van der Waals surface area (Å²) in [5, 5.41) is 2.95. The highest BCUT2D eigenvalue weighted by Crippen LogP contribution is 2.11. The molecular formula is C14H22BrClN2O. The number of carbonyl (C=O) groups excluding carboxylic acids is 1. The molecule has 0 aliphatic carbocycles. The minimum atomic E-state index is -0.387. The highest BCUT2D eigenvalue weighted by molar-refractivity contribution is 9.10. The number of benzene rings is 1. The van der Waals surface area contributed by atoms with Gasteiger partial charge in [0.1, 0.15) is 0 Å². The van der Waals surface area contributed by atoms with Gasteiger partial charge in [0.2, 0.25) is 5.91 Å². The molecule has 0 fully saturated rings. The van der Waals surface area contributed by atoms with Crippen LogP contribution >= 0.6 is 28.3 Å². The van der Waals surface area contributed by atoms with E-state index in [0.29, 0.717) is 0 Å². The van der Waals surface area contributed by atoms with Crippen LogP contribution in [-0.4, -0.2) is 18.0 Å². The molecule has 1 amide bonds. The molecule has 2 unspecified atom stereocenters. The molecule has 108 valence electrons. The molecule has 1 aromatic carbocycles. The zero-order chi connectivity index (χ0) is 13.5. The Hall–Kier alpha value is -0.580. The third kappa shape index (κ3) is 6.95. The number of nitrogens with one attached hydrogen (secondary N) is 1. The predicted octanol–water partition coefficient (Wildman–Crippen LogP) is 3.05. The van der Waals surface area contributed by atoms with E-state index < -0.39 is 0 Å². The van der Waals surface area contributed by atoms with Crippen molar-refractivity contribution in [2.24, 2.45) is 5.73 Å². The molecule has 1 rings (SSSR count). The first kappa shape index (κ1) is 18.4. The number of carbonyl (C=O) groups is 1. The summed E-state index contributed by atoms with van der Waals surface area (Å²) in [6.07, 6.45) is 2.48. The highest BCUT2D eigenvalue weighted by Gasteiger charge is 2.14. The van der Waals surface area contributed by atoms with Crippen molar-refractivity contribution in [3.63, 3.8) is 0 Å². The molecule has 0 aliphatic rings. The molecule has 0 saturated heterocycles. The first-order valence-corrected chi connectivity index (χ1v) is 7.12. The van der Waals surface area contributed by atoms with Crippen LogP contribution in [0.5, 0.6) is 0 Å². The molecule has 0 radical (unpaired) electrons. The standard InChI is InChI=1S/C14H21BrN2O.ClH/c1-3-4-13(16)14(18)17-10(2)9-11-5-7-12(15)8-6-11;/h5-8,10,13H,3-4,9,16H2,1-2H3,(H,17,18);1H. The second kappa shape index (κ2) is 9.34. The molecule has 1 aromatic rings. The van der Waals surface area contributed by atoms with Gasteiger partial charge in [0.05, 0.1) is 6.04 Å². The summed E-state index contributed by atoms with van der Waals surface area (Å²) in [7, 11) is 0. The summed E-state index contributed by atoms with van der Waals surface area (Å²) in [4.78, 5) is 11.7. The van der Waals surface area contributed by atoms with E-state index in [4.69, 9.17) is 5.73 Å². The average Bonchev–Trinajstić information content (AvgIpc) is 2.32. The van der Waals surface area contributed by atoms with Crippen molar-refractivity contribution in [2.75, 3.05) is 0 Å². The molecule has 0 aliphatic heterocycles. The van der Waals surface area contributed by atoms with Gasteiger partial charge >= 0.3 is 0 Å². The van der Waals surface area contributed by atoms with Crippen molar-refractivity contribution in [3.05, 3.63) is 34.3 Å². The smallest absolute Gasteiger partial charge is 0.237 e. The Morgan fingerprint density at radius 3 is 2.47 bits per heavy atom. The van der Waals surface area contributed by atoms with Crippen LogP contribution in [0.3, 0.4) is 0 Å². The van der Waals surface area contributed by atoms with Gasteiger partial charge in [-0.2, -0.15) is 0 Å². The van der Waals surface area contributed by atoms with Gasteiger partial charge in [0.15, 0.2) is 0 Å². The maximum absolute atomic E-state index is 11.7. The summed E-state index contributed by atoms with van der Waals surface area (Å²) in [5.41, 5.74) is 6.97. The van der Waals surface area contributed by atoms with Gasteiger partial charge in [-0.3, -0.25) is 4.79 Å². The molecule has 5 heteroatoms. The molecule has 3 nitrogen and oxygen atoms in total. The number of rotatable bonds is 6. The van der Waals surface area contributed by atoms with Crippen LogP contribution in [0.1, 0.15) is 32.3 Å². The van der Waals surface area contributed by atoms with Crippen molar-refractivity contribution in [2.45, 2.75) is 45.2 Å². The number of hydrogen-bond donors (Lipinski definition) is 2. The molecule has 0 heterocycles. The van der Waals surface area contributed by atoms with Crippen LogP contribution in [0.4, 0.5) is 0 Å². The second-order valence-corrected chi connectivity index (χ2v) is 5.55. The topological polar surface area (TPSA) is 55.1 Å². The molecule has 2 atom stereocenters. The Balaban J connectivity index is 0.00000324. The first-order chi connectivity index (χ1) is 8.52. The minimum absolute atomic E-state index is 0. The lowest BCUT2D eigenvalue weighted by atomic mass is 10.1. The summed E-state index contributed by atoms with van der Waals surface area (Å²) in [6, 6.07) is 7.83. The van der Waals surface area contributed by atoms with Gasteiger partial charge in [0.25, 0.3) is 0 Å². The van der Waals surface area contributed by atoms with Crippen LogP contribution in [0.2, 0.25) is 0 Å². The Morgan fingerprint density at radius 1 is 1.37 bits per heavy atom. The summed E-state index contributed by atoms with van der Waals surface area (Å²) in [6.45, 7) is 4.02. The normalized spacial score (nSPS) is 13.3. The fraction of sp³-hybridized carbons (Fsp3) is 0.500. The van der Waals surface area contributed by atoms with E-state index in [1.807, 2.05) is 26.0 Å². The SMILES string of the molecule is CCCC(N)C(=O)NC(C)Cc1ccc(Br)cc1.Cl. The fourth-order valence-electron chi connectivity index (χ4n) is 1.82. The van der Waals surface area contributed by atoms with E-state index in [1.54, 1.807) is 0 Å². The van der Waals surface area contributed by atoms with Crippen LogP contribution in [-0.2, 0) is 11.2 Å². The van der Waals surface area contributed by atoms with Gasteiger partial charge in [-0.15, -0.1) is 12.4 Å². The lowest BCUT2D eigenvalue weighted by Crippen LogP contribution is -2.45. The largest absolute Gasteiger partial charge is 0.352 e. The van der Waals surface area contributed by atoms with Gasteiger partial charge < -0.3 is 11.1 Å². The monoisotopic (exact) mass is 348 g/mol. The molecule has 19 heavy (non-hydrogen) atoms. The van der Waals surface area contributed by atoms with Gasteiger partial charge in [-0.1, -0.05) is 41.4 Å². The number of halogens is 2. The van der Waals surface area contributed by atoms with E-state index >= 15 is 0 Å². The van der Waals surface area contributed by atoms with Crippen LogP contribution in [0.15, 0.2) is 28.7 Å². The van der Waals surface area contributed by atoms with Crippen molar-refractivity contribution in [1.29, 1.82) is 0 Å². The summed E-state index contributed by atoms with van der Waals surface area (Å²) in [5.74, 6) is -0.0542. The Labute approximate surface area is 129 Å². The molecule has 0 saturated carbocycles. The van der Waals surface area contributed by atoms with E-state index in [2.05, 4.69) is 33.4 Å². The maximum Gasteiger partial charge on any atom is 0.237 e. The Morgan fingerprint density at radius 2 is 1.95 bits per heavy atom. The Kier molecular flexibility index (Phi) is 9.06. The van der Waals surface area contributed by atoms with Crippen molar-refractivity contribution < 1.29 is 4.79 Å². The van der Waals surface area contributed by atoms with Crippen molar-refractivity contribution in [3.8, 4) is 0 Å². The fourth-order valence-corrected chi connectivity index (χ4v) is 2.08. The Bertz CT molecular complexity index is 384. The lowest BCUT2D eigenvalue weighted by Gasteiger charge is -2.17. The zero-order valence-corrected chi connectivity index (χ0v) is 13.8. The lowest BCUT2D eigenvalue weighted by molar-refractivity contribution is -0.123. The molecule has 0 spiro atoms. The zero-order valence-electron chi connectivity index (χ0n) is 11.4. The highest BCUT2D eigenvalue weighted by atomic mass is 79.9. The van der Waals surface area contributed by atoms with Gasteiger partial charge in [0, 0.05) is 10.5 Å². The number of hydrogen-bond acceptors (Lipinski definition) is 2. The van der Waals surface area contributed by atoms with E-state index in [-0.39, 0.29) is 30.4 Å². The van der Waals surface area contributed by atoms with Gasteiger partial charge in [-0.25, -0.2) is 0 Å². The van der Waals surface area contributed by atoms with E-state index in [0.717, 1.165) is 23.7 Å². The van der Waals surface area contributed by atoms with E-state index in [1.165, 1.54) is 5.56 Å². The summed E-state index contributed by atoms with van der Waals surface area (Å²) < 4.78 is 1.06. The minimum Gasteiger partial charge on any atom is -0.352 e. The second-order valence-electron chi connectivity index (χ2n) is 4.64. The van der Waals surface area contributed by atoms with Crippen LogP contribution < -0.4 is 11.1 Å². The third-order valence-corrected chi connectivity index (χ3v) is 3.31. The van der Waals surface area contributed by atoms with E-state index in [9.17, 15) is 4.79 Å². The first-order valence-electron chi connectivity index (χ1n) is 6.33. The molecule has 3 N–H and O–H groups in total. The molecular weight excluding hydrogens is 328 g/mol. The summed E-state index contributed by atoms with van der Waals surface area (Å²) >= 11 is 3.40. The quantitative estimate of drug-likeness (QED) is 0.829. The van der Waals surface area contributed by atoms with Crippen LogP contribution in [0, 0.1) is 0 Å². The predicted molar refractivity (Wildman–Crippen MR) is 85.6 cm³/mol. The van der Waals surface area contributed by atoms with Gasteiger partial charge in [-0.05, 0) is 37.5 Å². The van der Waals surface area contributed by atoms with Crippen molar-refractivity contribution >= 4 is 34.2 Å². The van der Waals surface area contributed by atoms with Crippen molar-refractivity contribution in [1.82, 2.24) is 5.32 Å². The molecule has 0 aromatic heterocycles. The number of nitrogens with two attached hydrogens (primary N) is 1. The maximum atomic E-state index is 11.7.